The molecule has 1 N–H and O–H groups in total. The minimum atomic E-state index is 0.637. The Kier molecular flexibility index (Phi) is 3.62. The molecule has 0 spiro atoms. The van der Waals surface area contributed by atoms with Crippen molar-refractivity contribution in [2.75, 3.05) is 11.1 Å². The highest BCUT2D eigenvalue weighted by molar-refractivity contribution is 9.10. The van der Waals surface area contributed by atoms with Gasteiger partial charge >= 0.3 is 0 Å². The maximum atomic E-state index is 3.63. The van der Waals surface area contributed by atoms with Crippen LogP contribution in [-0.4, -0.2) is 17.0 Å². The van der Waals surface area contributed by atoms with Crippen LogP contribution in [0.25, 0.3) is 0 Å². The number of hydrogen-bond acceptors (Lipinski definition) is 2. The molecule has 0 aromatic heterocycles. The largest absolute Gasteiger partial charge is 0.381 e. The molecule has 3 heteroatoms. The second-order valence-corrected chi connectivity index (χ2v) is 6.46. The van der Waals surface area contributed by atoms with Crippen molar-refractivity contribution in [1.29, 1.82) is 0 Å². The Morgan fingerprint density at radius 3 is 2.93 bits per heavy atom. The van der Waals surface area contributed by atoms with Crippen molar-refractivity contribution in [3.05, 3.63) is 28.2 Å². The summed E-state index contributed by atoms with van der Waals surface area (Å²) in [5.74, 6) is 1.23. The van der Waals surface area contributed by atoms with E-state index in [4.69, 9.17) is 0 Å². The molecule has 0 aliphatic carbocycles. The van der Waals surface area contributed by atoms with Crippen LogP contribution in [0.15, 0.2) is 22.7 Å². The van der Waals surface area contributed by atoms with E-state index in [1.165, 1.54) is 27.9 Å². The highest BCUT2D eigenvalue weighted by atomic mass is 79.9. The third kappa shape index (κ3) is 2.70. The predicted molar refractivity (Wildman–Crippen MR) is 72.8 cm³/mol. The molecule has 0 amide bonds. The summed E-state index contributed by atoms with van der Waals surface area (Å²) in [6.07, 6.45) is 1.27. The van der Waals surface area contributed by atoms with E-state index in [-0.39, 0.29) is 0 Å². The van der Waals surface area contributed by atoms with Crippen LogP contribution >= 0.6 is 27.7 Å². The molecular formula is C12H16BrNS. The lowest BCUT2D eigenvalue weighted by molar-refractivity contribution is 0.746. The fourth-order valence-electron chi connectivity index (χ4n) is 1.90. The molecule has 82 valence electrons. The van der Waals surface area contributed by atoms with Crippen LogP contribution in [0.2, 0.25) is 0 Å². The van der Waals surface area contributed by atoms with Gasteiger partial charge in [-0.25, -0.2) is 0 Å². The number of benzene rings is 1. The molecule has 1 saturated heterocycles. The van der Waals surface area contributed by atoms with Crippen molar-refractivity contribution in [3.8, 4) is 0 Å². The molecule has 1 fully saturated rings. The van der Waals surface area contributed by atoms with E-state index < -0.39 is 0 Å². The van der Waals surface area contributed by atoms with Gasteiger partial charge < -0.3 is 5.32 Å². The first-order valence-electron chi connectivity index (χ1n) is 5.30. The van der Waals surface area contributed by atoms with Gasteiger partial charge in [0.25, 0.3) is 0 Å². The van der Waals surface area contributed by atoms with Crippen LogP contribution in [-0.2, 0) is 0 Å². The Morgan fingerprint density at radius 1 is 1.47 bits per heavy atom. The van der Waals surface area contributed by atoms with Gasteiger partial charge in [0.1, 0.15) is 0 Å². The van der Waals surface area contributed by atoms with E-state index in [0.717, 1.165) is 5.25 Å². The van der Waals surface area contributed by atoms with Gasteiger partial charge in [0.05, 0.1) is 0 Å². The Bertz CT molecular complexity index is 353. The summed E-state index contributed by atoms with van der Waals surface area (Å²) in [7, 11) is 0. The monoisotopic (exact) mass is 285 g/mol. The van der Waals surface area contributed by atoms with Gasteiger partial charge in [-0.1, -0.05) is 28.9 Å². The molecule has 1 aliphatic rings. The summed E-state index contributed by atoms with van der Waals surface area (Å²) in [4.78, 5) is 0. The SMILES string of the molecule is Cc1c(Br)cccc1NC1CSC(C)C1. The quantitative estimate of drug-likeness (QED) is 0.879. The lowest BCUT2D eigenvalue weighted by atomic mass is 10.1. The lowest BCUT2D eigenvalue weighted by Gasteiger charge is -2.16. The zero-order chi connectivity index (χ0) is 10.8. The van der Waals surface area contributed by atoms with Crippen LogP contribution in [0.1, 0.15) is 18.9 Å². The van der Waals surface area contributed by atoms with E-state index in [9.17, 15) is 0 Å². The molecule has 2 atom stereocenters. The smallest absolute Gasteiger partial charge is 0.0383 e. The molecule has 15 heavy (non-hydrogen) atoms. The first kappa shape index (κ1) is 11.3. The van der Waals surface area contributed by atoms with Crippen LogP contribution in [0.4, 0.5) is 5.69 Å². The molecule has 1 nitrogen and oxygen atoms in total. The number of halogens is 1. The van der Waals surface area contributed by atoms with E-state index in [1.807, 2.05) is 0 Å². The van der Waals surface area contributed by atoms with Crippen LogP contribution in [0.3, 0.4) is 0 Å². The standard InChI is InChI=1S/C12H16BrNS/c1-8-6-10(7-15-8)14-12-5-3-4-11(13)9(12)2/h3-5,8,10,14H,6-7H2,1-2H3. The number of thioether (sulfide) groups is 1. The van der Waals surface area contributed by atoms with Crippen molar-refractivity contribution in [2.24, 2.45) is 0 Å². The van der Waals surface area contributed by atoms with Gasteiger partial charge in [-0.05, 0) is 31.0 Å². The second-order valence-electron chi connectivity index (χ2n) is 4.13. The molecule has 2 rings (SSSR count). The molecule has 0 radical (unpaired) electrons. The van der Waals surface area contributed by atoms with Gasteiger partial charge in [0, 0.05) is 27.2 Å². The average Bonchev–Trinajstić information content (AvgIpc) is 2.59. The fourth-order valence-corrected chi connectivity index (χ4v) is 3.42. The molecule has 0 bridgehead atoms. The summed E-state index contributed by atoms with van der Waals surface area (Å²) in [6, 6.07) is 6.98. The first-order chi connectivity index (χ1) is 7.16. The Hall–Kier alpha value is -0.150. The van der Waals surface area contributed by atoms with E-state index in [2.05, 4.69) is 65.1 Å². The zero-order valence-corrected chi connectivity index (χ0v) is 11.5. The van der Waals surface area contributed by atoms with Gasteiger partial charge in [0.2, 0.25) is 0 Å². The third-order valence-corrected chi connectivity index (χ3v) is 5.04. The van der Waals surface area contributed by atoms with Crippen molar-refractivity contribution in [2.45, 2.75) is 31.6 Å². The summed E-state index contributed by atoms with van der Waals surface area (Å²) in [6.45, 7) is 4.46. The molecule has 0 saturated carbocycles. The first-order valence-corrected chi connectivity index (χ1v) is 7.14. The van der Waals surface area contributed by atoms with Crippen LogP contribution in [0, 0.1) is 6.92 Å². The van der Waals surface area contributed by atoms with Gasteiger partial charge in [0.15, 0.2) is 0 Å². The van der Waals surface area contributed by atoms with Gasteiger partial charge in [-0.2, -0.15) is 11.8 Å². The molecule has 2 unspecified atom stereocenters. The average molecular weight is 286 g/mol. The Balaban J connectivity index is 2.07. The second kappa shape index (κ2) is 4.79. The minimum Gasteiger partial charge on any atom is -0.381 e. The molecule has 1 aliphatic heterocycles. The Labute approximate surface area is 104 Å². The predicted octanol–water partition coefficient (Wildman–Crippen LogP) is 4.06. The summed E-state index contributed by atoms with van der Waals surface area (Å²) in [5.41, 5.74) is 2.58. The van der Waals surface area contributed by atoms with Gasteiger partial charge in [-0.15, -0.1) is 0 Å². The third-order valence-electron chi connectivity index (χ3n) is 2.83. The van der Waals surface area contributed by atoms with Crippen LogP contribution < -0.4 is 5.32 Å². The number of nitrogens with one attached hydrogen (secondary N) is 1. The maximum Gasteiger partial charge on any atom is 0.0383 e. The summed E-state index contributed by atoms with van der Waals surface area (Å²) in [5, 5.41) is 4.43. The van der Waals surface area contributed by atoms with Crippen molar-refractivity contribution in [1.82, 2.24) is 0 Å². The highest BCUT2D eigenvalue weighted by Crippen LogP contribution is 2.30. The van der Waals surface area contributed by atoms with Crippen molar-refractivity contribution < 1.29 is 0 Å². The van der Waals surface area contributed by atoms with E-state index in [1.54, 1.807) is 0 Å². The maximum absolute atomic E-state index is 3.63. The number of anilines is 1. The molecule has 1 aromatic carbocycles. The van der Waals surface area contributed by atoms with E-state index >= 15 is 0 Å². The normalized spacial score (nSPS) is 25.5. The lowest BCUT2D eigenvalue weighted by Crippen LogP contribution is -2.19. The van der Waals surface area contributed by atoms with E-state index in [0.29, 0.717) is 6.04 Å². The number of hydrogen-bond donors (Lipinski definition) is 1. The summed E-state index contributed by atoms with van der Waals surface area (Å²) >= 11 is 5.62. The summed E-state index contributed by atoms with van der Waals surface area (Å²) < 4.78 is 1.19. The zero-order valence-electron chi connectivity index (χ0n) is 9.09. The minimum absolute atomic E-state index is 0.637. The highest BCUT2D eigenvalue weighted by Gasteiger charge is 2.21. The van der Waals surface area contributed by atoms with Crippen molar-refractivity contribution >= 4 is 33.4 Å². The molecule has 1 heterocycles. The van der Waals surface area contributed by atoms with Crippen molar-refractivity contribution in [3.63, 3.8) is 0 Å². The molecule has 1 aromatic rings. The topological polar surface area (TPSA) is 12.0 Å². The fraction of sp³-hybridized carbons (Fsp3) is 0.500. The Morgan fingerprint density at radius 2 is 2.27 bits per heavy atom. The van der Waals surface area contributed by atoms with Crippen LogP contribution in [0.5, 0.6) is 0 Å². The van der Waals surface area contributed by atoms with Gasteiger partial charge in [-0.3, -0.25) is 0 Å². The number of rotatable bonds is 2. The molecular weight excluding hydrogens is 270 g/mol.